The second-order valence-electron chi connectivity index (χ2n) is 5.00. The molecule has 0 aromatic heterocycles. The predicted molar refractivity (Wildman–Crippen MR) is 69.1 cm³/mol. The number of nitrogens with one attached hydrogen (secondary N) is 1. The zero-order valence-corrected chi connectivity index (χ0v) is 11.2. The largest absolute Gasteiger partial charge is 0.848 e. The van der Waals surface area contributed by atoms with Crippen molar-refractivity contribution in [3.05, 3.63) is 35.9 Å². The Hall–Kier alpha value is -1.43. The topological polar surface area (TPSA) is 61.4 Å². The Morgan fingerprint density at radius 1 is 1.37 bits per heavy atom. The zero-order valence-electron chi connectivity index (χ0n) is 11.2. The van der Waals surface area contributed by atoms with Gasteiger partial charge in [-0.15, -0.1) is 0 Å². The third kappa shape index (κ3) is 3.76. The first-order valence-electron chi connectivity index (χ1n) is 6.59. The van der Waals surface area contributed by atoms with E-state index in [0.29, 0.717) is 43.0 Å². The second kappa shape index (κ2) is 6.14. The van der Waals surface area contributed by atoms with Crippen LogP contribution in [0, 0.1) is 0 Å². The lowest BCUT2D eigenvalue weighted by molar-refractivity contribution is -0.973. The molecule has 5 heteroatoms. The molecule has 1 atom stereocenters. The first-order chi connectivity index (χ1) is 9.11. The molecule has 1 N–H and O–H groups in total. The van der Waals surface area contributed by atoms with Gasteiger partial charge in [-0.2, -0.15) is 5.43 Å². The molecule has 0 saturated carbocycles. The van der Waals surface area contributed by atoms with Gasteiger partial charge in [-0.25, -0.2) is 4.59 Å². The number of rotatable bonds is 4. The number of hydrogen-bond donors (Lipinski definition) is 1. The summed E-state index contributed by atoms with van der Waals surface area (Å²) in [5.74, 6) is -0.136. The normalized spacial score (nSPS) is 19.7. The molecule has 1 fully saturated rings. The molecule has 1 aromatic carbocycles. The predicted octanol–water partition coefficient (Wildman–Crippen LogP) is -0.0728. The van der Waals surface area contributed by atoms with E-state index in [4.69, 9.17) is 4.74 Å². The summed E-state index contributed by atoms with van der Waals surface area (Å²) in [5.41, 5.74) is 3.61. The molecule has 19 heavy (non-hydrogen) atoms. The molecule has 1 unspecified atom stereocenters. The number of amides is 1. The molecule has 0 aliphatic carbocycles. The van der Waals surface area contributed by atoms with E-state index in [1.807, 2.05) is 18.2 Å². The summed E-state index contributed by atoms with van der Waals surface area (Å²) >= 11 is 0. The fraction of sp³-hybridized carbons (Fsp3) is 0.500. The first-order valence-corrected chi connectivity index (χ1v) is 6.59. The van der Waals surface area contributed by atoms with Crippen LogP contribution in [0.15, 0.2) is 30.3 Å². The van der Waals surface area contributed by atoms with Crippen LogP contribution >= 0.6 is 0 Å². The van der Waals surface area contributed by atoms with Crippen LogP contribution < -0.4 is 10.5 Å². The van der Waals surface area contributed by atoms with Crippen molar-refractivity contribution in [2.45, 2.75) is 13.0 Å². The van der Waals surface area contributed by atoms with E-state index in [-0.39, 0.29) is 5.91 Å². The van der Waals surface area contributed by atoms with E-state index in [9.17, 15) is 9.90 Å². The molecule has 0 radical (unpaired) electrons. The maximum atomic E-state index is 12.2. The van der Waals surface area contributed by atoms with Gasteiger partial charge in [-0.05, 0) is 12.1 Å². The van der Waals surface area contributed by atoms with Crippen molar-refractivity contribution >= 4 is 5.91 Å². The van der Waals surface area contributed by atoms with Crippen molar-refractivity contribution in [2.24, 2.45) is 0 Å². The Bertz CT molecular complexity index is 414. The number of hydrogen-bond acceptors (Lipinski definition) is 3. The van der Waals surface area contributed by atoms with Gasteiger partial charge in [0.15, 0.2) is 0 Å². The van der Waals surface area contributed by atoms with Crippen LogP contribution in [-0.2, 0) is 4.74 Å². The van der Waals surface area contributed by atoms with Crippen LogP contribution in [0.1, 0.15) is 17.3 Å². The lowest BCUT2D eigenvalue weighted by atomic mass is 10.2. The summed E-state index contributed by atoms with van der Waals surface area (Å²) in [6.45, 7) is 4.45. The van der Waals surface area contributed by atoms with Gasteiger partial charge in [-0.3, -0.25) is 4.79 Å². The summed E-state index contributed by atoms with van der Waals surface area (Å²) in [4.78, 5) is 12.2. The fourth-order valence-electron chi connectivity index (χ4n) is 2.39. The van der Waals surface area contributed by atoms with E-state index in [2.05, 4.69) is 5.43 Å². The van der Waals surface area contributed by atoms with E-state index in [1.54, 1.807) is 19.1 Å². The van der Waals surface area contributed by atoms with Gasteiger partial charge in [0.05, 0.1) is 19.8 Å². The number of quaternary nitrogens is 1. The Kier molecular flexibility index (Phi) is 4.52. The van der Waals surface area contributed by atoms with Crippen molar-refractivity contribution in [2.75, 3.05) is 32.8 Å². The maximum absolute atomic E-state index is 12.2. The first kappa shape index (κ1) is 14.0. The maximum Gasteiger partial charge on any atom is 0.295 e. The van der Waals surface area contributed by atoms with Crippen molar-refractivity contribution in [1.29, 1.82) is 0 Å². The van der Waals surface area contributed by atoms with Gasteiger partial charge >= 0.3 is 0 Å². The molecule has 2 rings (SSSR count). The highest BCUT2D eigenvalue weighted by Gasteiger charge is 2.32. The van der Waals surface area contributed by atoms with Gasteiger partial charge in [-0.1, -0.05) is 31.2 Å². The van der Waals surface area contributed by atoms with Gasteiger partial charge in [0.2, 0.25) is 0 Å². The molecule has 1 aliphatic heterocycles. The molecule has 1 aliphatic rings. The Labute approximate surface area is 113 Å². The molecular weight excluding hydrogens is 244 g/mol. The molecule has 1 heterocycles. The van der Waals surface area contributed by atoms with E-state index in [1.165, 1.54) is 0 Å². The highest BCUT2D eigenvalue weighted by atomic mass is 16.5. The van der Waals surface area contributed by atoms with Crippen LogP contribution in [-0.4, -0.2) is 49.5 Å². The average molecular weight is 264 g/mol. The minimum absolute atomic E-state index is 0.136. The van der Waals surface area contributed by atoms with Crippen LogP contribution in [0.4, 0.5) is 0 Å². The Morgan fingerprint density at radius 3 is 2.58 bits per heavy atom. The molecule has 5 nitrogen and oxygen atoms in total. The smallest absolute Gasteiger partial charge is 0.295 e. The summed E-state index contributed by atoms with van der Waals surface area (Å²) in [5, 5.41) is 11.5. The lowest BCUT2D eigenvalue weighted by Crippen LogP contribution is -2.67. The monoisotopic (exact) mass is 264 g/mol. The lowest BCUT2D eigenvalue weighted by Gasteiger charge is -2.42. The highest BCUT2D eigenvalue weighted by molar-refractivity contribution is 5.93. The van der Waals surface area contributed by atoms with Crippen molar-refractivity contribution in [1.82, 2.24) is 5.43 Å². The zero-order chi connectivity index (χ0) is 13.7. The molecular formula is C14H20N2O3. The van der Waals surface area contributed by atoms with Gasteiger partial charge in [0.1, 0.15) is 13.1 Å². The summed E-state index contributed by atoms with van der Waals surface area (Å²) in [7, 11) is 0. The van der Waals surface area contributed by atoms with Gasteiger partial charge in [0.25, 0.3) is 5.91 Å². The molecule has 1 amide bonds. The summed E-state index contributed by atoms with van der Waals surface area (Å²) in [6.07, 6.45) is -0.714. The van der Waals surface area contributed by atoms with Gasteiger partial charge in [0, 0.05) is 5.56 Å². The molecule has 1 saturated heterocycles. The number of ether oxygens (including phenoxy) is 1. The van der Waals surface area contributed by atoms with E-state index < -0.39 is 6.10 Å². The van der Waals surface area contributed by atoms with Gasteiger partial charge < -0.3 is 9.84 Å². The number of morpholine rings is 1. The van der Waals surface area contributed by atoms with Crippen molar-refractivity contribution in [3.8, 4) is 0 Å². The van der Waals surface area contributed by atoms with Crippen molar-refractivity contribution in [3.63, 3.8) is 0 Å². The molecule has 1 aromatic rings. The molecule has 0 spiro atoms. The summed E-state index contributed by atoms with van der Waals surface area (Å²) < 4.78 is 5.64. The third-order valence-electron chi connectivity index (χ3n) is 3.31. The van der Waals surface area contributed by atoms with E-state index in [0.717, 1.165) is 0 Å². The summed E-state index contributed by atoms with van der Waals surface area (Å²) in [6, 6.07) is 9.07. The molecule has 104 valence electrons. The number of carbonyl (C=O) groups is 1. The second-order valence-corrected chi connectivity index (χ2v) is 5.00. The highest BCUT2D eigenvalue weighted by Crippen LogP contribution is 2.10. The van der Waals surface area contributed by atoms with Crippen LogP contribution in [0.2, 0.25) is 0 Å². The van der Waals surface area contributed by atoms with Crippen LogP contribution in [0.5, 0.6) is 0 Å². The van der Waals surface area contributed by atoms with Crippen molar-refractivity contribution < 1.29 is 19.2 Å². The quantitative estimate of drug-likeness (QED) is 0.774. The fourth-order valence-corrected chi connectivity index (χ4v) is 2.39. The minimum Gasteiger partial charge on any atom is -0.848 e. The standard InChI is InChI=1S/C14H20N2O3/c1-12(17)11-16(7-9-19-10-8-16)15-14(18)13-5-3-2-4-6-13/h2-6,12H,7-11H2,1H3,(H,15,18). The molecule has 0 bridgehead atoms. The average Bonchev–Trinajstić information content (AvgIpc) is 2.39. The van der Waals surface area contributed by atoms with Crippen LogP contribution in [0.25, 0.3) is 0 Å². The number of carbonyl (C=O) groups excluding carboxylic acids is 1. The van der Waals surface area contributed by atoms with E-state index >= 15 is 0 Å². The SMILES string of the molecule is CC([O-])C[N+]1(NC(=O)c2ccccc2)CCOCC1. The minimum atomic E-state index is -0.714. The number of nitrogens with zero attached hydrogens (tertiary/aromatic N) is 1. The third-order valence-corrected chi connectivity index (χ3v) is 3.31. The Morgan fingerprint density at radius 2 is 2.00 bits per heavy atom. The number of benzene rings is 1. The Balaban J connectivity index is 2.09. The van der Waals surface area contributed by atoms with Crippen LogP contribution in [0.3, 0.4) is 0 Å².